The van der Waals surface area contributed by atoms with Crippen molar-refractivity contribution in [3.05, 3.63) is 70.3 Å². The SMILES string of the molecule is CCC(O)(C=Cc1ccc(C(CC)(CC)c2ccc(OC[C@H](O)CCC(=O)O)c(C)c2)cc1C)CC. The summed E-state index contributed by atoms with van der Waals surface area (Å²) in [5, 5.41) is 29.4. The molecule has 1 atom stereocenters. The van der Waals surface area contributed by atoms with Crippen molar-refractivity contribution in [2.24, 2.45) is 0 Å². The van der Waals surface area contributed by atoms with Gasteiger partial charge in [-0.15, -0.1) is 0 Å². The van der Waals surface area contributed by atoms with Gasteiger partial charge < -0.3 is 20.1 Å². The lowest BCUT2D eigenvalue weighted by Gasteiger charge is -2.34. The van der Waals surface area contributed by atoms with Crippen molar-refractivity contribution in [2.45, 2.75) is 97.2 Å². The number of aliphatic hydroxyl groups excluding tert-OH is 1. The predicted octanol–water partition coefficient (Wildman–Crippen LogP) is 6.58. The Morgan fingerprint density at radius 1 is 0.944 bits per heavy atom. The van der Waals surface area contributed by atoms with Gasteiger partial charge in [0.05, 0.1) is 11.7 Å². The topological polar surface area (TPSA) is 87.0 Å². The maximum Gasteiger partial charge on any atom is 0.303 e. The predicted molar refractivity (Wildman–Crippen MR) is 147 cm³/mol. The number of benzene rings is 2. The molecule has 2 aromatic carbocycles. The zero-order valence-electron chi connectivity index (χ0n) is 22.8. The molecule has 5 nitrogen and oxygen atoms in total. The van der Waals surface area contributed by atoms with Gasteiger partial charge in [-0.1, -0.05) is 70.2 Å². The van der Waals surface area contributed by atoms with Crippen molar-refractivity contribution < 1.29 is 24.9 Å². The molecule has 0 aliphatic carbocycles. The van der Waals surface area contributed by atoms with Crippen molar-refractivity contribution in [3.63, 3.8) is 0 Å². The molecule has 0 aromatic heterocycles. The third-order valence-corrected chi connectivity index (χ3v) is 7.68. The second-order valence-corrected chi connectivity index (χ2v) is 9.88. The standard InChI is InChI=1S/C31H44O5/c1-7-30(35,8-2)18-17-24-11-12-25(19-22(24)5)31(9-3,10-4)26-13-15-28(23(6)20-26)36-21-27(32)14-16-29(33)34/h11-13,15,17-20,27,32,35H,7-10,14,16,21H2,1-6H3,(H,33,34)/t27-/m1/s1. The first-order valence-corrected chi connectivity index (χ1v) is 13.2. The quantitative estimate of drug-likeness (QED) is 0.275. The maximum absolute atomic E-state index is 10.7. The fourth-order valence-electron chi connectivity index (χ4n) is 4.79. The number of carboxylic acid groups (broad SMARTS) is 1. The van der Waals surface area contributed by atoms with Crippen molar-refractivity contribution in [1.82, 2.24) is 0 Å². The first-order valence-electron chi connectivity index (χ1n) is 13.2. The van der Waals surface area contributed by atoms with Crippen LogP contribution in [0.15, 0.2) is 42.5 Å². The number of hydrogen-bond acceptors (Lipinski definition) is 4. The molecule has 5 heteroatoms. The molecular weight excluding hydrogens is 452 g/mol. The number of ether oxygens (including phenoxy) is 1. The molecule has 0 saturated heterocycles. The number of hydrogen-bond donors (Lipinski definition) is 3. The summed E-state index contributed by atoms with van der Waals surface area (Å²) in [6, 6.07) is 12.8. The van der Waals surface area contributed by atoms with Crippen LogP contribution in [0.1, 0.15) is 94.0 Å². The molecule has 0 heterocycles. The van der Waals surface area contributed by atoms with Gasteiger partial charge in [-0.25, -0.2) is 0 Å². The van der Waals surface area contributed by atoms with E-state index in [-0.39, 0.29) is 24.9 Å². The van der Waals surface area contributed by atoms with Crippen molar-refractivity contribution in [2.75, 3.05) is 6.61 Å². The van der Waals surface area contributed by atoms with Gasteiger partial charge in [0.25, 0.3) is 0 Å². The molecule has 0 aliphatic rings. The third-order valence-electron chi connectivity index (χ3n) is 7.68. The zero-order chi connectivity index (χ0) is 26.9. The van der Waals surface area contributed by atoms with Gasteiger partial charge in [-0.2, -0.15) is 0 Å². The average Bonchev–Trinajstić information content (AvgIpc) is 2.87. The Morgan fingerprint density at radius 2 is 1.53 bits per heavy atom. The van der Waals surface area contributed by atoms with E-state index in [1.807, 2.05) is 39.0 Å². The van der Waals surface area contributed by atoms with Gasteiger partial charge in [0.2, 0.25) is 0 Å². The summed E-state index contributed by atoms with van der Waals surface area (Å²) in [6.07, 6.45) is 6.49. The molecular formula is C31H44O5. The Morgan fingerprint density at radius 3 is 2.03 bits per heavy atom. The normalized spacial score (nSPS) is 13.2. The molecule has 2 rings (SSSR count). The minimum absolute atomic E-state index is 0.0690. The number of aliphatic carboxylic acids is 1. The van der Waals surface area contributed by atoms with Gasteiger partial charge in [0, 0.05) is 11.8 Å². The van der Waals surface area contributed by atoms with Crippen LogP contribution in [0.3, 0.4) is 0 Å². The van der Waals surface area contributed by atoms with E-state index < -0.39 is 17.7 Å². The number of aryl methyl sites for hydroxylation is 2. The first kappa shape index (κ1) is 29.6. The van der Waals surface area contributed by atoms with Crippen molar-refractivity contribution in [3.8, 4) is 5.75 Å². The summed E-state index contributed by atoms with van der Waals surface area (Å²) >= 11 is 0. The lowest BCUT2D eigenvalue weighted by molar-refractivity contribution is -0.137. The summed E-state index contributed by atoms with van der Waals surface area (Å²) in [5.41, 5.74) is 4.84. The third kappa shape index (κ3) is 7.21. The Balaban J connectivity index is 2.30. The van der Waals surface area contributed by atoms with E-state index >= 15 is 0 Å². The van der Waals surface area contributed by atoms with Crippen LogP contribution in [0, 0.1) is 13.8 Å². The molecule has 2 aromatic rings. The van der Waals surface area contributed by atoms with Crippen LogP contribution in [0.4, 0.5) is 0 Å². The van der Waals surface area contributed by atoms with Gasteiger partial charge in [-0.3, -0.25) is 4.79 Å². The molecule has 0 unspecified atom stereocenters. The van der Waals surface area contributed by atoms with E-state index in [1.165, 1.54) is 16.7 Å². The molecule has 0 aliphatic heterocycles. The maximum atomic E-state index is 10.7. The molecule has 0 bridgehead atoms. The van der Waals surface area contributed by atoms with Crippen LogP contribution in [-0.4, -0.2) is 39.6 Å². The van der Waals surface area contributed by atoms with Gasteiger partial charge in [0.1, 0.15) is 12.4 Å². The zero-order valence-corrected chi connectivity index (χ0v) is 22.8. The van der Waals surface area contributed by atoms with Crippen LogP contribution in [-0.2, 0) is 10.2 Å². The lowest BCUT2D eigenvalue weighted by Crippen LogP contribution is -2.26. The van der Waals surface area contributed by atoms with E-state index in [0.717, 1.165) is 24.0 Å². The minimum Gasteiger partial charge on any atom is -0.491 e. The van der Waals surface area contributed by atoms with Crippen LogP contribution in [0.2, 0.25) is 0 Å². The minimum atomic E-state index is -0.923. The second kappa shape index (κ2) is 13.1. The molecule has 0 saturated carbocycles. The van der Waals surface area contributed by atoms with Gasteiger partial charge in [0.15, 0.2) is 0 Å². The van der Waals surface area contributed by atoms with Crippen LogP contribution in [0.5, 0.6) is 5.75 Å². The molecule has 0 amide bonds. The Kier molecular flexibility index (Phi) is 10.7. The number of rotatable bonds is 14. The van der Waals surface area contributed by atoms with E-state index in [1.54, 1.807) is 0 Å². The van der Waals surface area contributed by atoms with E-state index in [0.29, 0.717) is 18.6 Å². The number of aliphatic hydroxyl groups is 2. The highest BCUT2D eigenvalue weighted by atomic mass is 16.5. The molecule has 0 spiro atoms. The Labute approximate surface area is 216 Å². The van der Waals surface area contributed by atoms with E-state index in [2.05, 4.69) is 51.1 Å². The van der Waals surface area contributed by atoms with Crippen molar-refractivity contribution in [1.29, 1.82) is 0 Å². The fraction of sp³-hybridized carbons (Fsp3) is 0.516. The largest absolute Gasteiger partial charge is 0.491 e. The molecule has 0 fully saturated rings. The molecule has 198 valence electrons. The smallest absolute Gasteiger partial charge is 0.303 e. The van der Waals surface area contributed by atoms with Gasteiger partial charge >= 0.3 is 5.97 Å². The highest BCUT2D eigenvalue weighted by Gasteiger charge is 2.31. The van der Waals surface area contributed by atoms with Crippen LogP contribution < -0.4 is 4.74 Å². The molecule has 36 heavy (non-hydrogen) atoms. The highest BCUT2D eigenvalue weighted by molar-refractivity contribution is 5.66. The summed E-state index contributed by atoms with van der Waals surface area (Å²) in [7, 11) is 0. The Hall–Kier alpha value is -2.63. The Bertz CT molecular complexity index is 1030. The summed E-state index contributed by atoms with van der Waals surface area (Å²) < 4.78 is 5.81. The monoisotopic (exact) mass is 496 g/mol. The summed E-state index contributed by atoms with van der Waals surface area (Å²) in [6.45, 7) is 12.6. The first-order chi connectivity index (χ1) is 17.0. The molecule has 3 N–H and O–H groups in total. The van der Waals surface area contributed by atoms with Crippen LogP contribution >= 0.6 is 0 Å². The summed E-state index contributed by atoms with van der Waals surface area (Å²) in [4.78, 5) is 10.7. The lowest BCUT2D eigenvalue weighted by atomic mass is 9.70. The summed E-state index contributed by atoms with van der Waals surface area (Å²) in [5.74, 6) is -0.224. The van der Waals surface area contributed by atoms with E-state index in [4.69, 9.17) is 9.84 Å². The number of carboxylic acids is 1. The number of carbonyl (C=O) groups is 1. The van der Waals surface area contributed by atoms with Crippen LogP contribution in [0.25, 0.3) is 6.08 Å². The van der Waals surface area contributed by atoms with E-state index in [9.17, 15) is 15.0 Å². The average molecular weight is 497 g/mol. The fourth-order valence-corrected chi connectivity index (χ4v) is 4.79. The van der Waals surface area contributed by atoms with Crippen molar-refractivity contribution >= 4 is 12.0 Å². The second-order valence-electron chi connectivity index (χ2n) is 9.88. The van der Waals surface area contributed by atoms with Gasteiger partial charge in [-0.05, 0) is 79.8 Å². The highest BCUT2D eigenvalue weighted by Crippen LogP contribution is 2.41. The molecule has 0 radical (unpaired) electrons.